The summed E-state index contributed by atoms with van der Waals surface area (Å²) in [4.78, 5) is 15.1. The van der Waals surface area contributed by atoms with Crippen molar-refractivity contribution in [3.05, 3.63) is 22.5 Å². The Hall–Kier alpha value is -1.11. The lowest BCUT2D eigenvalue weighted by molar-refractivity contribution is -0.204. The molecule has 0 amide bonds. The second-order valence-corrected chi connectivity index (χ2v) is 9.19. The largest absolute Gasteiger partial charge is 0.381 e. The van der Waals surface area contributed by atoms with Crippen molar-refractivity contribution in [1.82, 2.24) is 9.55 Å². The molecule has 2 aliphatic heterocycles. The molecule has 5 unspecified atom stereocenters. The minimum absolute atomic E-state index is 0.398. The number of nitrogens with zero attached hydrogens (tertiary/aromatic N) is 2. The topological polar surface area (TPSA) is 97.8 Å². The van der Waals surface area contributed by atoms with Crippen molar-refractivity contribution in [2.24, 2.45) is 0 Å². The van der Waals surface area contributed by atoms with E-state index in [4.69, 9.17) is 35.8 Å². The third-order valence-corrected chi connectivity index (χ3v) is 6.43. The molecule has 14 heteroatoms. The predicted molar refractivity (Wildman–Crippen MR) is 88.0 cm³/mol. The van der Waals surface area contributed by atoms with E-state index in [-0.39, 0.29) is 0 Å². The first-order chi connectivity index (χ1) is 12.5. The molecule has 0 aromatic carbocycles. The zero-order chi connectivity index (χ0) is 20.1. The zero-order valence-corrected chi connectivity index (χ0v) is 15.8. The minimum Gasteiger partial charge on any atom is -0.381 e. The fourth-order valence-corrected chi connectivity index (χ4v) is 5.36. The average Bonchev–Trinajstić information content (AvgIpc) is 2.84. The monoisotopic (exact) mass is 433 g/mol. The van der Waals surface area contributed by atoms with Crippen molar-refractivity contribution in [1.29, 1.82) is 0 Å². The van der Waals surface area contributed by atoms with Gasteiger partial charge in [0.25, 0.3) is 6.43 Å². The Kier molecular flexibility index (Phi) is 5.38. The highest BCUT2D eigenvalue weighted by molar-refractivity contribution is 8.07. The summed E-state index contributed by atoms with van der Waals surface area (Å²) < 4.78 is 77.6. The number of hydrogen-bond donors (Lipinski definition) is 1. The lowest BCUT2D eigenvalue weighted by atomic mass is 9.97. The number of halogens is 4. The molecule has 0 aliphatic carbocycles. The number of aromatic nitrogens is 2. The fourth-order valence-electron chi connectivity index (χ4n) is 2.79. The molecule has 3 heterocycles. The molecule has 1 aromatic rings. The molecule has 0 spiro atoms. The van der Waals surface area contributed by atoms with Gasteiger partial charge in [0, 0.05) is 0 Å². The van der Waals surface area contributed by atoms with Crippen molar-refractivity contribution in [2.75, 3.05) is 12.3 Å². The maximum Gasteiger partial charge on any atom is 0.351 e. The Morgan fingerprint density at radius 2 is 2.19 bits per heavy atom. The lowest BCUT2D eigenvalue weighted by Crippen LogP contribution is -2.55. The first kappa shape index (κ1) is 20.6. The lowest BCUT2D eigenvalue weighted by Gasteiger charge is -2.41. The van der Waals surface area contributed by atoms with Crippen LogP contribution in [0.15, 0.2) is 11.0 Å². The quantitative estimate of drug-likeness (QED) is 0.568. The van der Waals surface area contributed by atoms with E-state index in [9.17, 15) is 18.0 Å². The Balaban J connectivity index is 2.00. The molecule has 0 bridgehead atoms. The molecule has 2 fully saturated rings. The molecule has 5 atom stereocenters. The van der Waals surface area contributed by atoms with E-state index in [0.717, 1.165) is 0 Å². The molecule has 2 N–H and O–H groups in total. The van der Waals surface area contributed by atoms with Gasteiger partial charge in [-0.05, 0) is 25.7 Å². The normalized spacial score (nSPS) is 36.4. The van der Waals surface area contributed by atoms with Crippen molar-refractivity contribution in [3.8, 4) is 0 Å². The Morgan fingerprint density at radius 3 is 2.78 bits per heavy atom. The SMILES string of the molecule is CC(C)OP1(=S)OCC2(C(F)F)OC(n3cc(F)c(N)nc3=O)C(F)C2O1. The molecule has 0 saturated carbocycles. The van der Waals surface area contributed by atoms with Crippen LogP contribution in [-0.4, -0.2) is 46.6 Å². The van der Waals surface area contributed by atoms with Crippen LogP contribution < -0.4 is 11.4 Å². The van der Waals surface area contributed by atoms with Gasteiger partial charge in [0.2, 0.25) is 0 Å². The number of fused-ring (bicyclic) bond motifs is 1. The highest BCUT2D eigenvalue weighted by atomic mass is 32.5. The summed E-state index contributed by atoms with van der Waals surface area (Å²) >= 11 is 5.08. The molecule has 0 radical (unpaired) electrons. The molecule has 27 heavy (non-hydrogen) atoms. The number of rotatable bonds is 4. The first-order valence-corrected chi connectivity index (χ1v) is 10.3. The van der Waals surface area contributed by atoms with E-state index in [1.807, 2.05) is 0 Å². The third-order valence-electron chi connectivity index (χ3n) is 3.99. The summed E-state index contributed by atoms with van der Waals surface area (Å²) in [6.45, 7) is -1.13. The van der Waals surface area contributed by atoms with Gasteiger partial charge in [-0.1, -0.05) is 0 Å². The summed E-state index contributed by atoms with van der Waals surface area (Å²) in [5, 5.41) is 0. The van der Waals surface area contributed by atoms with Crippen LogP contribution in [0, 0.1) is 5.82 Å². The zero-order valence-electron chi connectivity index (χ0n) is 14.1. The van der Waals surface area contributed by atoms with Crippen LogP contribution in [0.3, 0.4) is 0 Å². The van der Waals surface area contributed by atoms with Gasteiger partial charge < -0.3 is 19.5 Å². The molecule has 2 saturated heterocycles. The van der Waals surface area contributed by atoms with Gasteiger partial charge >= 0.3 is 12.4 Å². The van der Waals surface area contributed by atoms with Crippen LogP contribution >= 0.6 is 6.72 Å². The van der Waals surface area contributed by atoms with Crippen LogP contribution in [0.1, 0.15) is 20.1 Å². The van der Waals surface area contributed by atoms with Crippen molar-refractivity contribution < 1.29 is 35.9 Å². The molecule has 2 aliphatic rings. The van der Waals surface area contributed by atoms with Crippen LogP contribution in [0.2, 0.25) is 0 Å². The van der Waals surface area contributed by atoms with Crippen LogP contribution in [0.5, 0.6) is 0 Å². The molecular formula is C13H16F4N3O5PS. The number of hydrogen-bond acceptors (Lipinski definition) is 8. The van der Waals surface area contributed by atoms with E-state index >= 15 is 4.39 Å². The van der Waals surface area contributed by atoms with Crippen molar-refractivity contribution in [3.63, 3.8) is 0 Å². The Morgan fingerprint density at radius 1 is 1.52 bits per heavy atom. The number of anilines is 1. The minimum atomic E-state index is -3.52. The Labute approximate surface area is 155 Å². The van der Waals surface area contributed by atoms with Gasteiger partial charge in [0.15, 0.2) is 29.6 Å². The highest BCUT2D eigenvalue weighted by Gasteiger charge is 2.67. The molecular weight excluding hydrogens is 417 g/mol. The Bertz CT molecular complexity index is 843. The first-order valence-electron chi connectivity index (χ1n) is 7.74. The van der Waals surface area contributed by atoms with Crippen molar-refractivity contribution >= 4 is 24.3 Å². The second-order valence-electron chi connectivity index (χ2n) is 6.27. The van der Waals surface area contributed by atoms with Crippen LogP contribution in [0.25, 0.3) is 0 Å². The van der Waals surface area contributed by atoms with E-state index in [1.165, 1.54) is 0 Å². The standard InChI is InChI=1S/C13H16F4N3O5PS/c1-5(2)24-26(27)22-4-13(11(16)17)8(25-26)7(15)10(23-13)20-3-6(14)9(18)19-12(20)21/h3,5,7-8,10-11H,4H2,1-2H3,(H2,18,19,21). The predicted octanol–water partition coefficient (Wildman–Crippen LogP) is 1.90. The maximum absolute atomic E-state index is 15.0. The number of nitrogen functional groups attached to an aromatic ring is 1. The van der Waals surface area contributed by atoms with Crippen LogP contribution in [0.4, 0.5) is 23.4 Å². The van der Waals surface area contributed by atoms with E-state index in [2.05, 4.69) is 4.98 Å². The summed E-state index contributed by atoms with van der Waals surface area (Å²) in [7, 11) is 0. The summed E-state index contributed by atoms with van der Waals surface area (Å²) in [5.74, 6) is -1.86. The summed E-state index contributed by atoms with van der Waals surface area (Å²) in [6.07, 6.45) is -9.33. The van der Waals surface area contributed by atoms with Crippen LogP contribution in [-0.2, 0) is 30.1 Å². The van der Waals surface area contributed by atoms with E-state index in [0.29, 0.717) is 10.8 Å². The average molecular weight is 433 g/mol. The molecule has 152 valence electrons. The van der Waals surface area contributed by atoms with Crippen molar-refractivity contribution in [2.45, 2.75) is 50.5 Å². The van der Waals surface area contributed by atoms with Gasteiger partial charge in [0.05, 0.1) is 18.9 Å². The van der Waals surface area contributed by atoms with E-state index in [1.54, 1.807) is 13.8 Å². The molecule has 3 rings (SSSR count). The second kappa shape index (κ2) is 7.05. The van der Waals surface area contributed by atoms with Gasteiger partial charge in [-0.25, -0.2) is 22.4 Å². The fraction of sp³-hybridized carbons (Fsp3) is 0.692. The van der Waals surface area contributed by atoms with Gasteiger partial charge in [-0.3, -0.25) is 9.09 Å². The number of nitrogens with two attached hydrogens (primary N) is 1. The third kappa shape index (κ3) is 3.52. The molecule has 1 aromatic heterocycles. The smallest absolute Gasteiger partial charge is 0.351 e. The number of alkyl halides is 3. The molecule has 8 nitrogen and oxygen atoms in total. The van der Waals surface area contributed by atoms with Gasteiger partial charge in [0.1, 0.15) is 6.10 Å². The highest BCUT2D eigenvalue weighted by Crippen LogP contribution is 2.61. The van der Waals surface area contributed by atoms with Gasteiger partial charge in [-0.2, -0.15) is 4.98 Å². The number of ether oxygens (including phenoxy) is 1. The van der Waals surface area contributed by atoms with Gasteiger partial charge in [-0.15, -0.1) is 0 Å². The maximum atomic E-state index is 15.0. The van der Waals surface area contributed by atoms with E-state index < -0.39 is 67.3 Å². The summed E-state index contributed by atoms with van der Waals surface area (Å²) in [6, 6.07) is 0. The summed E-state index contributed by atoms with van der Waals surface area (Å²) in [5.41, 5.74) is 1.44.